The molecule has 1 aromatic carbocycles. The Morgan fingerprint density at radius 3 is 2.52 bits per heavy atom. The maximum absolute atomic E-state index is 12.7. The van der Waals surface area contributed by atoms with E-state index in [1.807, 2.05) is 0 Å². The van der Waals surface area contributed by atoms with Gasteiger partial charge in [0.1, 0.15) is 11.8 Å². The number of carbonyl (C=O) groups is 3. The van der Waals surface area contributed by atoms with Gasteiger partial charge in [-0.3, -0.25) is 9.59 Å². The number of benzene rings is 1. The summed E-state index contributed by atoms with van der Waals surface area (Å²) in [5.74, 6) is -1.77. The molecule has 3 N–H and O–H groups in total. The number of carboxylic acids is 1. The van der Waals surface area contributed by atoms with Gasteiger partial charge >= 0.3 is 5.97 Å². The second kappa shape index (κ2) is 13.6. The third kappa shape index (κ3) is 8.94. The van der Waals surface area contributed by atoms with Crippen molar-refractivity contribution in [3.05, 3.63) is 29.8 Å². The molecule has 172 valence electrons. The minimum atomic E-state index is -1.22. The number of nitrogens with one attached hydrogen (secondary N) is 2. The SMILES string of the molecule is COC[C@@H]1NC(=O)c2cccc(c2)OCCCCCCCCOC[C@@H](C(=O)O)NC1=O. The lowest BCUT2D eigenvalue weighted by atomic mass is 10.1. The molecule has 2 amide bonds. The zero-order valence-corrected chi connectivity index (χ0v) is 17.9. The van der Waals surface area contributed by atoms with E-state index in [0.717, 1.165) is 38.5 Å². The number of amides is 2. The minimum Gasteiger partial charge on any atom is -0.494 e. The zero-order chi connectivity index (χ0) is 22.5. The number of rotatable bonds is 3. The quantitative estimate of drug-likeness (QED) is 0.660. The van der Waals surface area contributed by atoms with E-state index in [1.54, 1.807) is 24.3 Å². The maximum atomic E-state index is 12.7. The predicted molar refractivity (Wildman–Crippen MR) is 113 cm³/mol. The molecule has 0 aromatic heterocycles. The van der Waals surface area contributed by atoms with Crippen molar-refractivity contribution in [2.24, 2.45) is 0 Å². The molecular weight excluding hydrogens is 404 g/mol. The molecule has 1 aromatic rings. The van der Waals surface area contributed by atoms with Crippen molar-refractivity contribution in [2.45, 2.75) is 50.6 Å². The molecular formula is C22H32N2O7. The zero-order valence-electron chi connectivity index (χ0n) is 17.9. The Hall–Kier alpha value is -2.65. The van der Waals surface area contributed by atoms with E-state index >= 15 is 0 Å². The molecule has 0 aliphatic carbocycles. The van der Waals surface area contributed by atoms with Gasteiger partial charge in [-0.15, -0.1) is 0 Å². The summed E-state index contributed by atoms with van der Waals surface area (Å²) in [5.41, 5.74) is 0.332. The highest BCUT2D eigenvalue weighted by atomic mass is 16.5. The van der Waals surface area contributed by atoms with Crippen LogP contribution in [0.4, 0.5) is 0 Å². The highest BCUT2D eigenvalue weighted by Crippen LogP contribution is 2.15. The summed E-state index contributed by atoms with van der Waals surface area (Å²) in [6, 6.07) is 4.44. The summed E-state index contributed by atoms with van der Waals surface area (Å²) in [4.78, 5) is 36.8. The smallest absolute Gasteiger partial charge is 0.328 e. The van der Waals surface area contributed by atoms with Crippen LogP contribution < -0.4 is 15.4 Å². The molecule has 9 heteroatoms. The molecule has 2 rings (SSSR count). The van der Waals surface area contributed by atoms with E-state index in [2.05, 4.69) is 10.6 Å². The van der Waals surface area contributed by atoms with Crippen molar-refractivity contribution >= 4 is 17.8 Å². The van der Waals surface area contributed by atoms with Crippen LogP contribution in [0.1, 0.15) is 48.9 Å². The van der Waals surface area contributed by atoms with Crippen molar-refractivity contribution in [3.63, 3.8) is 0 Å². The average molecular weight is 437 g/mol. The highest BCUT2D eigenvalue weighted by Gasteiger charge is 2.27. The fourth-order valence-corrected chi connectivity index (χ4v) is 3.17. The number of hydrogen-bond acceptors (Lipinski definition) is 6. The van der Waals surface area contributed by atoms with Gasteiger partial charge in [-0.25, -0.2) is 4.79 Å². The molecule has 1 heterocycles. The normalized spacial score (nSPS) is 22.5. The van der Waals surface area contributed by atoms with Gasteiger partial charge in [0.05, 0.1) is 19.8 Å². The molecule has 0 saturated heterocycles. The largest absolute Gasteiger partial charge is 0.494 e. The summed E-state index contributed by atoms with van der Waals surface area (Å²) < 4.78 is 16.2. The Labute approximate surface area is 182 Å². The first-order valence-corrected chi connectivity index (χ1v) is 10.6. The Balaban J connectivity index is 2.13. The van der Waals surface area contributed by atoms with Crippen LogP contribution >= 0.6 is 0 Å². The van der Waals surface area contributed by atoms with Crippen LogP contribution in [-0.2, 0) is 19.1 Å². The van der Waals surface area contributed by atoms with Crippen molar-refractivity contribution in [2.75, 3.05) is 33.5 Å². The van der Waals surface area contributed by atoms with Gasteiger partial charge in [0.2, 0.25) is 5.91 Å². The first-order valence-electron chi connectivity index (χ1n) is 10.6. The van der Waals surface area contributed by atoms with Gasteiger partial charge in [-0.1, -0.05) is 31.7 Å². The highest BCUT2D eigenvalue weighted by molar-refractivity contribution is 5.98. The van der Waals surface area contributed by atoms with E-state index in [9.17, 15) is 19.5 Å². The van der Waals surface area contributed by atoms with Crippen LogP contribution in [0, 0.1) is 0 Å². The Bertz CT molecular complexity index is 726. The number of carboxylic acid groups (broad SMARTS) is 1. The second-order valence-electron chi connectivity index (χ2n) is 7.45. The first-order chi connectivity index (χ1) is 15.0. The van der Waals surface area contributed by atoms with E-state index in [-0.39, 0.29) is 13.2 Å². The number of aliphatic carboxylic acids is 1. The second-order valence-corrected chi connectivity index (χ2v) is 7.45. The molecule has 0 spiro atoms. The first kappa shape index (κ1) is 24.6. The third-order valence-electron chi connectivity index (χ3n) is 4.90. The lowest BCUT2D eigenvalue weighted by Gasteiger charge is -2.21. The molecule has 2 bridgehead atoms. The summed E-state index contributed by atoms with van der Waals surface area (Å²) in [7, 11) is 1.39. The van der Waals surface area contributed by atoms with Gasteiger partial charge < -0.3 is 30.0 Å². The van der Waals surface area contributed by atoms with Crippen molar-refractivity contribution in [1.82, 2.24) is 10.6 Å². The molecule has 0 fully saturated rings. The summed E-state index contributed by atoms with van der Waals surface area (Å²) in [6.07, 6.45) is 5.94. The number of hydrogen-bond donors (Lipinski definition) is 3. The fraction of sp³-hybridized carbons (Fsp3) is 0.591. The molecule has 1 aliphatic rings. The number of ether oxygens (including phenoxy) is 3. The van der Waals surface area contributed by atoms with Crippen molar-refractivity contribution in [3.8, 4) is 5.75 Å². The van der Waals surface area contributed by atoms with Crippen LogP contribution in [0.25, 0.3) is 0 Å². The molecule has 31 heavy (non-hydrogen) atoms. The molecule has 0 unspecified atom stereocenters. The van der Waals surface area contributed by atoms with Gasteiger partial charge in [-0.2, -0.15) is 0 Å². The van der Waals surface area contributed by atoms with E-state index < -0.39 is 29.9 Å². The Morgan fingerprint density at radius 2 is 1.81 bits per heavy atom. The van der Waals surface area contributed by atoms with Crippen LogP contribution in [0.5, 0.6) is 5.75 Å². The molecule has 9 nitrogen and oxygen atoms in total. The van der Waals surface area contributed by atoms with Crippen LogP contribution in [0.2, 0.25) is 0 Å². The molecule has 0 radical (unpaired) electrons. The fourth-order valence-electron chi connectivity index (χ4n) is 3.17. The summed E-state index contributed by atoms with van der Waals surface area (Å²) in [5, 5.41) is 14.4. The lowest BCUT2D eigenvalue weighted by molar-refractivity contribution is -0.144. The van der Waals surface area contributed by atoms with E-state index in [1.165, 1.54) is 7.11 Å². The third-order valence-corrected chi connectivity index (χ3v) is 4.90. The standard InChI is InChI=1S/C22H32N2O7/c1-29-14-18-21(26)24-19(22(27)28)15-30-11-6-4-2-3-5-7-12-31-17-10-8-9-16(13-17)20(25)23-18/h8-10,13,18-19H,2-7,11-12,14-15H2,1H3,(H,23,25)(H,24,26)(H,27,28)/t18-,19-/m0/s1. The number of methoxy groups -OCH3 is 1. The monoisotopic (exact) mass is 436 g/mol. The molecule has 1 aliphatic heterocycles. The van der Waals surface area contributed by atoms with E-state index in [4.69, 9.17) is 14.2 Å². The van der Waals surface area contributed by atoms with Gasteiger partial charge in [0.15, 0.2) is 6.04 Å². The van der Waals surface area contributed by atoms with Gasteiger partial charge in [0.25, 0.3) is 5.91 Å². The average Bonchev–Trinajstić information content (AvgIpc) is 2.75. The van der Waals surface area contributed by atoms with Gasteiger partial charge in [0, 0.05) is 19.3 Å². The van der Waals surface area contributed by atoms with Crippen molar-refractivity contribution < 1.29 is 33.7 Å². The van der Waals surface area contributed by atoms with Gasteiger partial charge in [-0.05, 0) is 31.0 Å². The topological polar surface area (TPSA) is 123 Å². The molecule has 2 atom stereocenters. The lowest BCUT2D eigenvalue weighted by Crippen LogP contribution is -2.54. The van der Waals surface area contributed by atoms with Crippen molar-refractivity contribution in [1.29, 1.82) is 0 Å². The maximum Gasteiger partial charge on any atom is 0.328 e. The Kier molecular flexibility index (Phi) is 10.8. The Morgan fingerprint density at radius 1 is 1.10 bits per heavy atom. The van der Waals surface area contributed by atoms with Crippen LogP contribution in [0.15, 0.2) is 24.3 Å². The molecule has 0 saturated carbocycles. The predicted octanol–water partition coefficient (Wildman–Crippen LogP) is 1.75. The minimum absolute atomic E-state index is 0.110. The summed E-state index contributed by atoms with van der Waals surface area (Å²) in [6.45, 7) is 0.740. The van der Waals surface area contributed by atoms with Crippen LogP contribution in [-0.4, -0.2) is 68.5 Å². The number of carbonyl (C=O) groups excluding carboxylic acids is 2. The van der Waals surface area contributed by atoms with Crippen LogP contribution in [0.3, 0.4) is 0 Å². The van der Waals surface area contributed by atoms with E-state index in [0.29, 0.717) is 24.5 Å². The summed E-state index contributed by atoms with van der Waals surface area (Å²) >= 11 is 0. The number of fused-ring (bicyclic) bond motifs is 2.